The molecule has 0 atom stereocenters. The Morgan fingerprint density at radius 2 is 1.63 bits per heavy atom. The maximum atomic E-state index is 11.8. The van der Waals surface area contributed by atoms with E-state index >= 15 is 0 Å². The summed E-state index contributed by atoms with van der Waals surface area (Å²) >= 11 is 0. The van der Waals surface area contributed by atoms with Crippen LogP contribution in [0.2, 0.25) is 0 Å². The highest BCUT2D eigenvalue weighted by atomic mass is 16.3. The van der Waals surface area contributed by atoms with Crippen molar-refractivity contribution >= 4 is 17.3 Å². The van der Waals surface area contributed by atoms with E-state index < -0.39 is 0 Å². The highest BCUT2D eigenvalue weighted by Crippen LogP contribution is 2.22. The molecule has 0 aliphatic heterocycles. The molecule has 1 aliphatic rings. The first-order chi connectivity index (χ1) is 8.97. The smallest absolute Gasteiger partial charge is 0.189 e. The third-order valence-corrected chi connectivity index (χ3v) is 2.42. The number of carbonyl (C=O) groups is 3. The first-order valence-electron chi connectivity index (χ1n) is 5.94. The second kappa shape index (κ2) is 6.75. The largest absolute Gasteiger partial charge is 0.396 e. The molecule has 1 aromatic rings. The molecule has 1 aliphatic carbocycles. The van der Waals surface area contributed by atoms with Crippen LogP contribution in [0.5, 0.6) is 0 Å². The summed E-state index contributed by atoms with van der Waals surface area (Å²) in [6, 6.07) is 6.74. The van der Waals surface area contributed by atoms with Crippen molar-refractivity contribution in [2.24, 2.45) is 0 Å². The molecule has 2 rings (SSSR count). The summed E-state index contributed by atoms with van der Waals surface area (Å²) in [5.41, 5.74) is 1.28. The predicted molar refractivity (Wildman–Crippen MR) is 71.2 cm³/mol. The summed E-state index contributed by atoms with van der Waals surface area (Å²) in [6.45, 7) is 2.94. The number of aliphatic hydroxyl groups excluding tert-OH is 1. The number of aliphatic hydroxyl groups is 1. The fraction of sp³-hybridized carbons (Fsp3) is 0.267. The van der Waals surface area contributed by atoms with E-state index in [1.165, 1.54) is 19.9 Å². The van der Waals surface area contributed by atoms with Gasteiger partial charge in [-0.3, -0.25) is 9.59 Å². The maximum absolute atomic E-state index is 11.8. The van der Waals surface area contributed by atoms with Gasteiger partial charge in [-0.15, -0.1) is 0 Å². The molecule has 1 aromatic carbocycles. The number of carbonyl (C=O) groups excluding carboxylic acids is 3. The van der Waals surface area contributed by atoms with Crippen molar-refractivity contribution in [3.63, 3.8) is 0 Å². The number of Topliss-reactive ketones (excluding diaryl/α,β-unsaturated/α-hetero) is 2. The van der Waals surface area contributed by atoms with Gasteiger partial charge in [-0.1, -0.05) is 24.3 Å². The predicted octanol–water partition coefficient (Wildman–Crippen LogP) is 1.97. The zero-order chi connectivity index (χ0) is 14.4. The molecule has 0 amide bonds. The van der Waals surface area contributed by atoms with Crippen LogP contribution in [-0.4, -0.2) is 29.1 Å². The van der Waals surface area contributed by atoms with Gasteiger partial charge in [-0.2, -0.15) is 0 Å². The zero-order valence-corrected chi connectivity index (χ0v) is 11.0. The van der Waals surface area contributed by atoms with Crippen LogP contribution in [0.3, 0.4) is 0 Å². The fourth-order valence-electron chi connectivity index (χ4n) is 1.68. The third-order valence-electron chi connectivity index (χ3n) is 2.42. The molecule has 19 heavy (non-hydrogen) atoms. The van der Waals surface area contributed by atoms with E-state index in [0.717, 1.165) is 0 Å². The maximum Gasteiger partial charge on any atom is 0.189 e. The van der Waals surface area contributed by atoms with Gasteiger partial charge in [0.15, 0.2) is 11.6 Å². The molecule has 1 N–H and O–H groups in total. The van der Waals surface area contributed by atoms with Crippen LogP contribution in [0.25, 0.3) is 0 Å². The van der Waals surface area contributed by atoms with Crippen LogP contribution in [0.4, 0.5) is 0 Å². The third kappa shape index (κ3) is 3.96. The highest BCUT2D eigenvalue weighted by molar-refractivity contribution is 6.24. The van der Waals surface area contributed by atoms with Gasteiger partial charge in [-0.25, -0.2) is 0 Å². The zero-order valence-electron chi connectivity index (χ0n) is 11.0. The topological polar surface area (TPSA) is 71.4 Å². The van der Waals surface area contributed by atoms with Crippen molar-refractivity contribution < 1.29 is 19.5 Å². The van der Waals surface area contributed by atoms with Gasteiger partial charge in [0.05, 0.1) is 0 Å². The Labute approximate surface area is 111 Å². The van der Waals surface area contributed by atoms with Crippen LogP contribution < -0.4 is 0 Å². The second-order valence-electron chi connectivity index (χ2n) is 4.29. The van der Waals surface area contributed by atoms with Gasteiger partial charge < -0.3 is 9.90 Å². The molecule has 0 radical (unpaired) electrons. The standard InChI is InChI=1S/C12H10O3.C3H6O/c13-6-5-8-7-11(14)9-3-1-2-4-10(9)12(8)15;1-3(2)4/h1-4,7,13H,5-6H2;1-2H3. The lowest BCUT2D eigenvalue weighted by molar-refractivity contribution is -0.115. The summed E-state index contributed by atoms with van der Waals surface area (Å²) in [6.07, 6.45) is 1.56. The Bertz CT molecular complexity index is 537. The van der Waals surface area contributed by atoms with E-state index in [4.69, 9.17) is 5.11 Å². The number of hydrogen-bond acceptors (Lipinski definition) is 4. The number of benzene rings is 1. The lowest BCUT2D eigenvalue weighted by Crippen LogP contribution is -2.17. The van der Waals surface area contributed by atoms with E-state index in [9.17, 15) is 14.4 Å². The minimum Gasteiger partial charge on any atom is -0.396 e. The molecule has 0 aromatic heterocycles. The van der Waals surface area contributed by atoms with E-state index in [-0.39, 0.29) is 30.4 Å². The Morgan fingerprint density at radius 3 is 2.16 bits per heavy atom. The van der Waals surface area contributed by atoms with E-state index in [1.807, 2.05) is 0 Å². The van der Waals surface area contributed by atoms with Crippen LogP contribution in [0, 0.1) is 0 Å². The molecule has 0 saturated heterocycles. The van der Waals surface area contributed by atoms with Gasteiger partial charge in [0.25, 0.3) is 0 Å². The van der Waals surface area contributed by atoms with Crippen molar-refractivity contribution in [2.45, 2.75) is 20.3 Å². The Hall–Kier alpha value is -2.07. The SMILES string of the molecule is CC(C)=O.O=C1C=C(CCO)C(=O)c2ccccc21. The van der Waals surface area contributed by atoms with Gasteiger partial charge in [0.1, 0.15) is 5.78 Å². The monoisotopic (exact) mass is 260 g/mol. The summed E-state index contributed by atoms with van der Waals surface area (Å²) in [5, 5.41) is 8.77. The number of fused-ring (bicyclic) bond motifs is 1. The molecule has 0 saturated carbocycles. The number of allylic oxidation sites excluding steroid dienone is 1. The fourth-order valence-corrected chi connectivity index (χ4v) is 1.68. The number of hydrogen-bond donors (Lipinski definition) is 1. The summed E-state index contributed by atoms with van der Waals surface area (Å²) in [7, 11) is 0. The Morgan fingerprint density at radius 1 is 1.11 bits per heavy atom. The van der Waals surface area contributed by atoms with Crippen LogP contribution >= 0.6 is 0 Å². The van der Waals surface area contributed by atoms with Gasteiger partial charge in [0.2, 0.25) is 0 Å². The minimum absolute atomic E-state index is 0.118. The van der Waals surface area contributed by atoms with Crippen molar-refractivity contribution in [3.8, 4) is 0 Å². The van der Waals surface area contributed by atoms with E-state index in [0.29, 0.717) is 16.7 Å². The number of ketones is 3. The molecule has 0 fully saturated rings. The first kappa shape index (κ1) is 15.0. The lowest BCUT2D eigenvalue weighted by atomic mass is 9.88. The second-order valence-corrected chi connectivity index (χ2v) is 4.29. The van der Waals surface area contributed by atoms with Crippen LogP contribution in [0.1, 0.15) is 41.0 Å². The summed E-state index contributed by atoms with van der Waals surface area (Å²) in [5.74, 6) is -0.145. The average Bonchev–Trinajstić information content (AvgIpc) is 2.35. The molecule has 100 valence electrons. The first-order valence-corrected chi connectivity index (χ1v) is 5.94. The molecule has 0 heterocycles. The summed E-state index contributed by atoms with van der Waals surface area (Å²) in [4.78, 5) is 32.9. The molecule has 4 nitrogen and oxygen atoms in total. The Balaban J connectivity index is 0.000000399. The van der Waals surface area contributed by atoms with Crippen molar-refractivity contribution in [1.29, 1.82) is 0 Å². The lowest BCUT2D eigenvalue weighted by Gasteiger charge is -2.13. The average molecular weight is 260 g/mol. The Kier molecular flexibility index (Phi) is 5.33. The van der Waals surface area contributed by atoms with Gasteiger partial charge in [-0.05, 0) is 26.3 Å². The van der Waals surface area contributed by atoms with Crippen LogP contribution in [-0.2, 0) is 4.79 Å². The van der Waals surface area contributed by atoms with E-state index in [2.05, 4.69) is 0 Å². The molecule has 0 unspecified atom stereocenters. The van der Waals surface area contributed by atoms with Gasteiger partial charge >= 0.3 is 0 Å². The minimum atomic E-state index is -0.159. The quantitative estimate of drug-likeness (QED) is 0.882. The van der Waals surface area contributed by atoms with E-state index in [1.54, 1.807) is 24.3 Å². The molecule has 4 heteroatoms. The molecular formula is C15H16O4. The number of rotatable bonds is 2. The molecular weight excluding hydrogens is 244 g/mol. The van der Waals surface area contributed by atoms with Crippen LogP contribution in [0.15, 0.2) is 35.9 Å². The molecule has 0 spiro atoms. The van der Waals surface area contributed by atoms with Crippen molar-refractivity contribution in [3.05, 3.63) is 47.0 Å². The molecule has 0 bridgehead atoms. The van der Waals surface area contributed by atoms with Gasteiger partial charge in [0, 0.05) is 23.3 Å². The normalized spacial score (nSPS) is 13.1. The van der Waals surface area contributed by atoms with Crippen molar-refractivity contribution in [1.82, 2.24) is 0 Å². The van der Waals surface area contributed by atoms with Crippen molar-refractivity contribution in [2.75, 3.05) is 6.61 Å². The summed E-state index contributed by atoms with van der Waals surface area (Å²) < 4.78 is 0. The highest BCUT2D eigenvalue weighted by Gasteiger charge is 2.24.